The summed E-state index contributed by atoms with van der Waals surface area (Å²) in [5.41, 5.74) is 1.76. The molecule has 3 nitrogen and oxygen atoms in total. The number of benzene rings is 1. The molecule has 0 aliphatic carbocycles. The molecule has 88 valence electrons. The zero-order chi connectivity index (χ0) is 12.4. The lowest BCUT2D eigenvalue weighted by molar-refractivity contribution is 0.102. The second kappa shape index (κ2) is 4.82. The number of nitrogens with one attached hydrogen (secondary N) is 1. The van der Waals surface area contributed by atoms with Crippen LogP contribution in [0.4, 0.5) is 5.69 Å². The molecule has 0 radical (unpaired) electrons. The highest BCUT2D eigenvalue weighted by molar-refractivity contribution is 6.33. The highest BCUT2D eigenvalue weighted by Gasteiger charge is 2.14. The number of rotatable bonds is 2. The molecule has 0 bridgehead atoms. The molecule has 0 saturated carbocycles. The van der Waals surface area contributed by atoms with E-state index in [9.17, 15) is 4.79 Å². The first-order chi connectivity index (χ1) is 8.09. The van der Waals surface area contributed by atoms with Crippen molar-refractivity contribution >= 4 is 34.8 Å². The quantitative estimate of drug-likeness (QED) is 0.890. The van der Waals surface area contributed by atoms with Crippen LogP contribution < -0.4 is 5.32 Å². The first-order valence-electron chi connectivity index (χ1n) is 4.89. The molecular formula is C12H9Cl2NO2. The summed E-state index contributed by atoms with van der Waals surface area (Å²) in [5.74, 6) is -0.325. The summed E-state index contributed by atoms with van der Waals surface area (Å²) in [6.45, 7) is 1.83. The van der Waals surface area contributed by atoms with Crippen LogP contribution in [0.15, 0.2) is 34.9 Å². The average Bonchev–Trinajstić information content (AvgIpc) is 2.71. The van der Waals surface area contributed by atoms with Gasteiger partial charge >= 0.3 is 0 Å². The molecule has 17 heavy (non-hydrogen) atoms. The molecular weight excluding hydrogens is 261 g/mol. The van der Waals surface area contributed by atoms with Crippen molar-refractivity contribution in [1.82, 2.24) is 0 Å². The molecule has 1 aromatic heterocycles. The smallest absolute Gasteiger partial charge is 0.260 e. The number of anilines is 1. The molecule has 0 fully saturated rings. The van der Waals surface area contributed by atoms with E-state index in [0.717, 1.165) is 5.56 Å². The summed E-state index contributed by atoms with van der Waals surface area (Å²) in [6, 6.07) is 6.81. The minimum atomic E-state index is -0.325. The van der Waals surface area contributed by atoms with Gasteiger partial charge in [-0.1, -0.05) is 17.7 Å². The van der Waals surface area contributed by atoms with E-state index in [1.165, 1.54) is 12.3 Å². The minimum absolute atomic E-state index is 0.0715. The van der Waals surface area contributed by atoms with Crippen molar-refractivity contribution in [1.29, 1.82) is 0 Å². The van der Waals surface area contributed by atoms with Gasteiger partial charge in [0.15, 0.2) is 0 Å². The maximum absolute atomic E-state index is 11.9. The molecule has 0 saturated heterocycles. The number of hydrogen-bond acceptors (Lipinski definition) is 2. The van der Waals surface area contributed by atoms with Gasteiger partial charge in [0.1, 0.15) is 0 Å². The molecule has 1 aromatic carbocycles. The summed E-state index contributed by atoms with van der Waals surface area (Å²) >= 11 is 11.7. The van der Waals surface area contributed by atoms with Crippen LogP contribution in [0.2, 0.25) is 10.2 Å². The van der Waals surface area contributed by atoms with Gasteiger partial charge in [0.05, 0.1) is 11.8 Å². The van der Waals surface area contributed by atoms with Crippen LogP contribution in [0.5, 0.6) is 0 Å². The Bertz CT molecular complexity index is 563. The van der Waals surface area contributed by atoms with Gasteiger partial charge in [-0.25, -0.2) is 0 Å². The number of amides is 1. The SMILES string of the molecule is Cc1c(Cl)cccc1NC(=O)c1ccoc1Cl. The largest absolute Gasteiger partial charge is 0.452 e. The Balaban J connectivity index is 2.25. The van der Waals surface area contributed by atoms with Crippen molar-refractivity contribution in [3.05, 3.63) is 51.9 Å². The highest BCUT2D eigenvalue weighted by Crippen LogP contribution is 2.24. The Morgan fingerprint density at radius 3 is 2.71 bits per heavy atom. The molecule has 2 rings (SSSR count). The standard InChI is InChI=1S/C12H9Cl2NO2/c1-7-9(13)3-2-4-10(7)15-12(16)8-5-6-17-11(8)14/h2-6H,1H3,(H,15,16). The molecule has 0 atom stereocenters. The fourth-order valence-corrected chi connectivity index (χ4v) is 1.76. The molecule has 0 unspecified atom stereocenters. The van der Waals surface area contributed by atoms with Crippen LogP contribution in [0, 0.1) is 6.92 Å². The lowest BCUT2D eigenvalue weighted by atomic mass is 10.2. The van der Waals surface area contributed by atoms with E-state index in [0.29, 0.717) is 16.3 Å². The van der Waals surface area contributed by atoms with Crippen LogP contribution in [0.1, 0.15) is 15.9 Å². The van der Waals surface area contributed by atoms with Crippen LogP contribution >= 0.6 is 23.2 Å². The molecule has 1 heterocycles. The maximum atomic E-state index is 11.9. The van der Waals surface area contributed by atoms with Gasteiger partial charge in [-0.05, 0) is 42.3 Å². The second-order valence-corrected chi connectivity index (χ2v) is 4.22. The van der Waals surface area contributed by atoms with Crippen molar-refractivity contribution in [3.63, 3.8) is 0 Å². The fourth-order valence-electron chi connectivity index (χ4n) is 1.39. The van der Waals surface area contributed by atoms with Crippen LogP contribution in [0.25, 0.3) is 0 Å². The van der Waals surface area contributed by atoms with E-state index >= 15 is 0 Å². The lowest BCUT2D eigenvalue weighted by Crippen LogP contribution is -2.12. The van der Waals surface area contributed by atoms with E-state index < -0.39 is 0 Å². The summed E-state index contributed by atoms with van der Waals surface area (Å²) in [4.78, 5) is 11.9. The van der Waals surface area contributed by atoms with E-state index in [4.69, 9.17) is 27.6 Å². The third-order valence-electron chi connectivity index (χ3n) is 2.38. The Kier molecular flexibility index (Phi) is 3.41. The van der Waals surface area contributed by atoms with Gasteiger partial charge in [-0.2, -0.15) is 0 Å². The van der Waals surface area contributed by atoms with Gasteiger partial charge in [0.25, 0.3) is 5.91 Å². The van der Waals surface area contributed by atoms with Crippen molar-refractivity contribution in [2.45, 2.75) is 6.92 Å². The van der Waals surface area contributed by atoms with Gasteiger partial charge in [-0.15, -0.1) is 0 Å². The van der Waals surface area contributed by atoms with E-state index in [-0.39, 0.29) is 11.1 Å². The maximum Gasteiger partial charge on any atom is 0.260 e. The number of hydrogen-bond donors (Lipinski definition) is 1. The predicted octanol–water partition coefficient (Wildman–Crippen LogP) is 4.15. The average molecular weight is 270 g/mol. The van der Waals surface area contributed by atoms with Crippen molar-refractivity contribution < 1.29 is 9.21 Å². The predicted molar refractivity (Wildman–Crippen MR) is 67.9 cm³/mol. The van der Waals surface area contributed by atoms with Gasteiger partial charge in [0.2, 0.25) is 5.22 Å². The molecule has 0 spiro atoms. The monoisotopic (exact) mass is 269 g/mol. The Morgan fingerprint density at radius 2 is 2.06 bits per heavy atom. The summed E-state index contributed by atoms with van der Waals surface area (Å²) in [6.07, 6.45) is 1.36. The summed E-state index contributed by atoms with van der Waals surface area (Å²) < 4.78 is 4.86. The van der Waals surface area contributed by atoms with Crippen LogP contribution in [-0.2, 0) is 0 Å². The van der Waals surface area contributed by atoms with Crippen molar-refractivity contribution in [2.24, 2.45) is 0 Å². The van der Waals surface area contributed by atoms with Gasteiger partial charge in [-0.3, -0.25) is 4.79 Å². The first kappa shape index (κ1) is 12.0. The Hall–Kier alpha value is -1.45. The minimum Gasteiger partial charge on any atom is -0.452 e. The number of furan rings is 1. The topological polar surface area (TPSA) is 42.2 Å². The van der Waals surface area contributed by atoms with Gasteiger partial charge < -0.3 is 9.73 Å². The molecule has 5 heteroatoms. The second-order valence-electron chi connectivity index (χ2n) is 3.47. The van der Waals surface area contributed by atoms with E-state index in [2.05, 4.69) is 5.32 Å². The molecule has 2 aromatic rings. The third-order valence-corrected chi connectivity index (χ3v) is 3.08. The normalized spacial score (nSPS) is 10.3. The van der Waals surface area contributed by atoms with Crippen molar-refractivity contribution in [3.8, 4) is 0 Å². The van der Waals surface area contributed by atoms with Gasteiger partial charge in [0, 0.05) is 10.7 Å². The molecule has 1 N–H and O–H groups in total. The Labute approximate surface area is 108 Å². The third kappa shape index (κ3) is 2.46. The highest BCUT2D eigenvalue weighted by atomic mass is 35.5. The summed E-state index contributed by atoms with van der Waals surface area (Å²) in [7, 11) is 0. The Morgan fingerprint density at radius 1 is 1.29 bits per heavy atom. The number of halogens is 2. The van der Waals surface area contributed by atoms with E-state index in [1.54, 1.807) is 18.2 Å². The first-order valence-corrected chi connectivity index (χ1v) is 5.64. The lowest BCUT2D eigenvalue weighted by Gasteiger charge is -2.08. The zero-order valence-corrected chi connectivity index (χ0v) is 10.5. The zero-order valence-electron chi connectivity index (χ0n) is 8.96. The number of carbonyl (C=O) groups is 1. The van der Waals surface area contributed by atoms with Crippen molar-refractivity contribution in [2.75, 3.05) is 5.32 Å². The number of carbonyl (C=O) groups excluding carboxylic acids is 1. The van der Waals surface area contributed by atoms with Crippen LogP contribution in [-0.4, -0.2) is 5.91 Å². The van der Waals surface area contributed by atoms with Crippen LogP contribution in [0.3, 0.4) is 0 Å². The molecule has 1 amide bonds. The molecule has 0 aliphatic rings. The van der Waals surface area contributed by atoms with E-state index in [1.807, 2.05) is 6.92 Å². The molecule has 0 aliphatic heterocycles. The summed E-state index contributed by atoms with van der Waals surface area (Å²) in [5, 5.41) is 3.40. The fraction of sp³-hybridized carbons (Fsp3) is 0.0833.